The molecule has 0 unspecified atom stereocenters. The summed E-state index contributed by atoms with van der Waals surface area (Å²) in [4.78, 5) is 126. The lowest BCUT2D eigenvalue weighted by Crippen LogP contribution is -2.25. The van der Waals surface area contributed by atoms with E-state index >= 15 is 0 Å². The van der Waals surface area contributed by atoms with Crippen molar-refractivity contribution in [3.8, 4) is 97.2 Å². The van der Waals surface area contributed by atoms with Crippen molar-refractivity contribution in [2.45, 2.75) is 79.6 Å². The third-order valence-electron chi connectivity index (χ3n) is 16.3. The molecule has 0 bridgehead atoms. The molecule has 28 nitrogen and oxygen atoms in total. The molecule has 4 atom stereocenters. The van der Waals surface area contributed by atoms with E-state index in [0.29, 0.717) is 85.5 Å². The number of nitrogens with two attached hydrogens (primary N) is 3. The second-order valence-electron chi connectivity index (χ2n) is 25.3. The zero-order chi connectivity index (χ0) is 83.9. The van der Waals surface area contributed by atoms with Gasteiger partial charge < -0.3 is 61.9 Å². The van der Waals surface area contributed by atoms with Gasteiger partial charge in [0, 0.05) is 40.5 Å². The largest absolute Gasteiger partial charge is 0.477 e. The molecule has 4 heterocycles. The number of carboxylic acids is 1. The number of ether oxygens (including phenoxy) is 5. The predicted molar refractivity (Wildman–Crippen MR) is 420 cm³/mol. The maximum absolute atomic E-state index is 13.0. The molecule has 0 aliphatic rings. The van der Waals surface area contributed by atoms with Crippen molar-refractivity contribution in [3.05, 3.63) is 265 Å². The minimum absolute atomic E-state index is 0.0277. The van der Waals surface area contributed by atoms with E-state index < -0.39 is 47.9 Å². The van der Waals surface area contributed by atoms with Crippen LogP contribution in [0.5, 0.6) is 51.9 Å². The van der Waals surface area contributed by atoms with Crippen molar-refractivity contribution < 1.29 is 84.7 Å². The van der Waals surface area contributed by atoms with Gasteiger partial charge in [0.25, 0.3) is 17.7 Å². The Hall–Kier alpha value is -15.2. The van der Waals surface area contributed by atoms with Gasteiger partial charge in [0.15, 0.2) is 46.6 Å². The fourth-order valence-corrected chi connectivity index (χ4v) is 9.56. The lowest BCUT2D eigenvalue weighted by Gasteiger charge is -2.13. The highest BCUT2D eigenvalue weighted by molar-refractivity contribution is 5.94. The van der Waals surface area contributed by atoms with Gasteiger partial charge in [0.1, 0.15) is 92.3 Å². The SMILES string of the molecule is CC(=O)[C@H](C)Nc1cc(-c2ccc(Oc3ccc(F)cc3)cc2)nc(C(N)=O)n1.CC(=O)[C@H](C)Nc1cc(C(=O)O)nc(-c2ccc(Oc3ccc(F)cc3)cc2)n1.CC(=O)[C@H](C)Nc1nc(C(N)=O)cc(-c2ccc(Oc3ccc(F)cc3)cc2)n1.CC(=O)[C@H](C)Oc1cc(C(N)=O)nc(-c2ccc(Oc3ccc(F)cc3)cc2)n1. The Morgan fingerprint density at radius 1 is 0.336 bits per heavy atom. The van der Waals surface area contributed by atoms with Gasteiger partial charge in [-0.2, -0.15) is 4.98 Å². The Bertz CT molecular complexity index is 4830. The molecule has 116 heavy (non-hydrogen) atoms. The number of Topliss-reactive ketones (excluding diaryl/α,β-unsaturated/α-hetero) is 4. The first-order valence-electron chi connectivity index (χ1n) is 35.1. The van der Waals surface area contributed by atoms with Crippen LogP contribution in [0.4, 0.5) is 35.1 Å². The molecule has 12 aromatic rings. The number of primary amides is 3. The van der Waals surface area contributed by atoms with E-state index in [0.717, 1.165) is 0 Å². The van der Waals surface area contributed by atoms with Crippen LogP contribution in [-0.4, -0.2) is 116 Å². The number of aromatic nitrogens is 8. The third kappa shape index (κ3) is 25.4. The first-order valence-corrected chi connectivity index (χ1v) is 35.1. The summed E-state index contributed by atoms with van der Waals surface area (Å²) < 4.78 is 80.0. The van der Waals surface area contributed by atoms with Gasteiger partial charge in [-0.1, -0.05) is 0 Å². The Balaban J connectivity index is 0.000000177. The molecule has 10 N–H and O–H groups in total. The summed E-state index contributed by atoms with van der Waals surface area (Å²) in [7, 11) is 0. The number of carbonyl (C=O) groups excluding carboxylic acids is 7. The molecule has 0 saturated carbocycles. The number of carboxylic acid groups (broad SMARTS) is 1. The Morgan fingerprint density at radius 3 is 1.00 bits per heavy atom. The van der Waals surface area contributed by atoms with Crippen molar-refractivity contribution in [2.75, 3.05) is 16.0 Å². The molecular weight excluding hydrogens is 1500 g/mol. The van der Waals surface area contributed by atoms with Crippen molar-refractivity contribution in [3.63, 3.8) is 0 Å². The Kier molecular flexibility index (Phi) is 28.9. The lowest BCUT2D eigenvalue weighted by molar-refractivity contribution is -0.123. The number of benzene rings is 8. The Labute approximate surface area is 660 Å². The summed E-state index contributed by atoms with van der Waals surface area (Å²) in [5.74, 6) is -0.193. The summed E-state index contributed by atoms with van der Waals surface area (Å²) in [5.41, 5.74) is 19.3. The normalized spacial score (nSPS) is 11.6. The van der Waals surface area contributed by atoms with Crippen LogP contribution in [0, 0.1) is 23.3 Å². The third-order valence-corrected chi connectivity index (χ3v) is 16.3. The van der Waals surface area contributed by atoms with Crippen LogP contribution in [0.3, 0.4) is 0 Å². The molecule has 0 aliphatic heterocycles. The zero-order valence-electron chi connectivity index (χ0n) is 63.2. The first kappa shape index (κ1) is 84.8. The van der Waals surface area contributed by atoms with Gasteiger partial charge in [0.05, 0.1) is 29.5 Å². The molecular formula is C84H74F4N14O14. The fraction of sp³-hybridized carbons (Fsp3) is 0.143. The topological polar surface area (TPSA) is 420 Å². The first-order chi connectivity index (χ1) is 55.3. The van der Waals surface area contributed by atoms with Gasteiger partial charge in [-0.15, -0.1) is 0 Å². The average Bonchev–Trinajstić information content (AvgIpc) is 0.832. The van der Waals surface area contributed by atoms with E-state index in [9.17, 15) is 61.0 Å². The molecule has 0 saturated heterocycles. The minimum Gasteiger partial charge on any atom is -0.477 e. The van der Waals surface area contributed by atoms with E-state index in [2.05, 4.69) is 55.8 Å². The highest BCUT2D eigenvalue weighted by Crippen LogP contribution is 2.32. The number of aromatic carboxylic acids is 1. The smallest absolute Gasteiger partial charge is 0.354 e. The molecule has 3 amide bonds. The number of amides is 3. The fourth-order valence-electron chi connectivity index (χ4n) is 9.56. The quantitative estimate of drug-likeness (QED) is 0.0224. The van der Waals surface area contributed by atoms with Gasteiger partial charge >= 0.3 is 5.97 Å². The van der Waals surface area contributed by atoms with E-state index in [1.54, 1.807) is 131 Å². The van der Waals surface area contributed by atoms with Gasteiger partial charge in [-0.3, -0.25) is 33.6 Å². The molecule has 0 fully saturated rings. The maximum Gasteiger partial charge on any atom is 0.354 e. The summed E-state index contributed by atoms with van der Waals surface area (Å²) in [6.45, 7) is 12.3. The second-order valence-corrected chi connectivity index (χ2v) is 25.3. The molecule has 12 rings (SSSR count). The molecule has 592 valence electrons. The summed E-state index contributed by atoms with van der Waals surface area (Å²) in [6, 6.07) is 54.1. The number of rotatable bonds is 28. The minimum atomic E-state index is -1.21. The number of carbonyl (C=O) groups is 8. The molecule has 4 aromatic heterocycles. The average molecular weight is 1580 g/mol. The van der Waals surface area contributed by atoms with Crippen LogP contribution in [-0.2, 0) is 19.2 Å². The standard InChI is InChI=1S/2C21H19FN4O3.2C21H18FN3O4/c1-12(13(2)27)24-19-11-18(25-21(26-19)20(23)28)14-3-7-16(8-4-14)29-17-9-5-15(22)6-10-17;1-12(13(2)27)24-21-25-18(11-19(26-21)20(23)28)14-3-7-16(8-4-14)29-17-9-5-15(22)6-10-17;1-12(26)13(2)28-19-11-18(20(23)27)24-21(25-19)14-3-7-16(8-4-14)29-17-9-5-15(22)6-10-17;1-12(13(2)26)23-19-11-18(21(27)28)24-20(25-19)14-3-7-16(8-4-14)29-17-9-5-15(22)6-10-17/h2*3-12H,1-2H3,(H2,23,28)(H,24,25,26);3-11,13H,1-2H3,(H2,23,27);3-12H,1-2H3,(H,27,28)(H,23,24,25)/t2*12-;13-;12-/m0000/s1. The predicted octanol–water partition coefficient (Wildman–Crippen LogP) is 14.8. The van der Waals surface area contributed by atoms with Gasteiger partial charge in [0.2, 0.25) is 17.7 Å². The van der Waals surface area contributed by atoms with Crippen LogP contribution in [0.1, 0.15) is 97.5 Å². The number of hydrogen-bond donors (Lipinski definition) is 7. The van der Waals surface area contributed by atoms with Crippen LogP contribution < -0.4 is 56.8 Å². The van der Waals surface area contributed by atoms with Crippen molar-refractivity contribution in [2.24, 2.45) is 17.2 Å². The highest BCUT2D eigenvalue weighted by atomic mass is 19.1. The molecule has 0 radical (unpaired) electrons. The molecule has 32 heteroatoms. The van der Waals surface area contributed by atoms with E-state index in [1.807, 2.05) is 0 Å². The van der Waals surface area contributed by atoms with Crippen molar-refractivity contribution in [1.82, 2.24) is 39.9 Å². The van der Waals surface area contributed by atoms with Gasteiger partial charge in [-0.05, 0) is 256 Å². The van der Waals surface area contributed by atoms with Crippen LogP contribution in [0.2, 0.25) is 0 Å². The number of halogens is 4. The van der Waals surface area contributed by atoms with E-state index in [4.69, 9.17) is 40.9 Å². The van der Waals surface area contributed by atoms with E-state index in [-0.39, 0.29) is 98.6 Å². The lowest BCUT2D eigenvalue weighted by atomic mass is 10.1. The Morgan fingerprint density at radius 2 is 0.655 bits per heavy atom. The van der Waals surface area contributed by atoms with Crippen LogP contribution >= 0.6 is 0 Å². The van der Waals surface area contributed by atoms with Crippen LogP contribution in [0.15, 0.2) is 218 Å². The summed E-state index contributed by atoms with van der Waals surface area (Å²) in [5, 5.41) is 18.0. The molecule has 0 spiro atoms. The zero-order valence-corrected chi connectivity index (χ0v) is 63.2. The number of ketones is 4. The van der Waals surface area contributed by atoms with Crippen LogP contribution in [0.25, 0.3) is 45.3 Å². The number of anilines is 3. The summed E-state index contributed by atoms with van der Waals surface area (Å²) >= 11 is 0. The monoisotopic (exact) mass is 1580 g/mol. The maximum atomic E-state index is 13.0. The highest BCUT2D eigenvalue weighted by Gasteiger charge is 2.21. The number of nitrogens with zero attached hydrogens (tertiary/aromatic N) is 8. The number of hydrogen-bond acceptors (Lipinski definition) is 24. The van der Waals surface area contributed by atoms with Gasteiger partial charge in [-0.25, -0.2) is 57.2 Å². The van der Waals surface area contributed by atoms with Crippen molar-refractivity contribution in [1.29, 1.82) is 0 Å². The van der Waals surface area contributed by atoms with E-state index in [1.165, 1.54) is 143 Å². The van der Waals surface area contributed by atoms with Crippen molar-refractivity contribution >= 4 is 64.4 Å². The summed E-state index contributed by atoms with van der Waals surface area (Å²) in [6.07, 6.45) is -0.732. The molecule has 8 aromatic carbocycles. The second kappa shape index (κ2) is 39.6. The number of nitrogens with one attached hydrogen (secondary N) is 3. The molecule has 0 aliphatic carbocycles.